The SMILES string of the molecule is CC(=O)NCCNc1cc(N2CCN(C(=O)Cc3ccc(C)cc3)CC2)nc(-c2ccccc2)n1. The molecule has 2 aromatic carbocycles. The van der Waals surface area contributed by atoms with Gasteiger partial charge in [-0.15, -0.1) is 0 Å². The van der Waals surface area contributed by atoms with Crippen LogP contribution in [0.3, 0.4) is 0 Å². The molecule has 0 spiro atoms. The zero-order chi connectivity index (χ0) is 24.6. The number of aryl methyl sites for hydroxylation is 1. The number of hydrogen-bond acceptors (Lipinski definition) is 6. The largest absolute Gasteiger partial charge is 0.368 e. The van der Waals surface area contributed by atoms with Crippen molar-refractivity contribution < 1.29 is 9.59 Å². The van der Waals surface area contributed by atoms with Gasteiger partial charge in [0.2, 0.25) is 11.8 Å². The molecule has 2 N–H and O–H groups in total. The number of anilines is 2. The average molecular weight is 473 g/mol. The molecular weight excluding hydrogens is 440 g/mol. The van der Waals surface area contributed by atoms with Gasteiger partial charge in [0.1, 0.15) is 11.6 Å². The Morgan fingerprint density at radius 3 is 2.31 bits per heavy atom. The molecule has 1 aliphatic rings. The van der Waals surface area contributed by atoms with Crippen LogP contribution in [0.2, 0.25) is 0 Å². The van der Waals surface area contributed by atoms with Gasteiger partial charge in [0, 0.05) is 57.8 Å². The van der Waals surface area contributed by atoms with E-state index in [1.54, 1.807) is 0 Å². The second-order valence-corrected chi connectivity index (χ2v) is 8.74. The van der Waals surface area contributed by atoms with Crippen LogP contribution in [0.15, 0.2) is 60.7 Å². The number of amides is 2. The van der Waals surface area contributed by atoms with Gasteiger partial charge in [-0.2, -0.15) is 0 Å². The monoisotopic (exact) mass is 472 g/mol. The molecule has 1 aromatic heterocycles. The van der Waals surface area contributed by atoms with Gasteiger partial charge < -0.3 is 20.4 Å². The number of hydrogen-bond donors (Lipinski definition) is 2. The first kappa shape index (κ1) is 24.2. The van der Waals surface area contributed by atoms with Gasteiger partial charge in [0.25, 0.3) is 0 Å². The second kappa shape index (κ2) is 11.5. The Morgan fingerprint density at radius 2 is 1.63 bits per heavy atom. The van der Waals surface area contributed by atoms with E-state index in [0.29, 0.717) is 57.3 Å². The van der Waals surface area contributed by atoms with Crippen LogP contribution in [-0.4, -0.2) is 66.0 Å². The summed E-state index contributed by atoms with van der Waals surface area (Å²) in [7, 11) is 0. The first-order chi connectivity index (χ1) is 17.0. The zero-order valence-electron chi connectivity index (χ0n) is 20.3. The number of benzene rings is 2. The van der Waals surface area contributed by atoms with Gasteiger partial charge in [0.15, 0.2) is 5.82 Å². The summed E-state index contributed by atoms with van der Waals surface area (Å²) in [5, 5.41) is 6.07. The van der Waals surface area contributed by atoms with Crippen LogP contribution < -0.4 is 15.5 Å². The van der Waals surface area contributed by atoms with E-state index >= 15 is 0 Å². The quantitative estimate of drug-likeness (QED) is 0.490. The smallest absolute Gasteiger partial charge is 0.227 e. The molecule has 182 valence electrons. The average Bonchev–Trinajstić information content (AvgIpc) is 2.88. The minimum atomic E-state index is -0.0602. The molecule has 3 aromatic rings. The van der Waals surface area contributed by atoms with Crippen LogP contribution in [0, 0.1) is 6.92 Å². The van der Waals surface area contributed by atoms with E-state index in [1.165, 1.54) is 12.5 Å². The van der Waals surface area contributed by atoms with Crippen LogP contribution in [-0.2, 0) is 16.0 Å². The van der Waals surface area contributed by atoms with Crippen molar-refractivity contribution in [2.45, 2.75) is 20.3 Å². The molecule has 4 rings (SSSR count). The highest BCUT2D eigenvalue weighted by atomic mass is 16.2. The van der Waals surface area contributed by atoms with Gasteiger partial charge in [-0.3, -0.25) is 9.59 Å². The topological polar surface area (TPSA) is 90.5 Å². The highest BCUT2D eigenvalue weighted by Gasteiger charge is 2.23. The summed E-state index contributed by atoms with van der Waals surface area (Å²) in [4.78, 5) is 37.6. The lowest BCUT2D eigenvalue weighted by atomic mass is 10.1. The maximum absolute atomic E-state index is 12.8. The number of nitrogens with one attached hydrogen (secondary N) is 2. The third-order valence-corrected chi connectivity index (χ3v) is 5.98. The predicted molar refractivity (Wildman–Crippen MR) is 138 cm³/mol. The molecule has 0 bridgehead atoms. The Hall–Kier alpha value is -3.94. The summed E-state index contributed by atoms with van der Waals surface area (Å²) in [5.41, 5.74) is 3.17. The Labute approximate surface area is 206 Å². The van der Waals surface area contributed by atoms with Crippen molar-refractivity contribution in [2.75, 3.05) is 49.5 Å². The minimum Gasteiger partial charge on any atom is -0.368 e. The molecule has 1 saturated heterocycles. The maximum Gasteiger partial charge on any atom is 0.227 e. The van der Waals surface area contributed by atoms with Gasteiger partial charge in [0.05, 0.1) is 6.42 Å². The molecule has 0 saturated carbocycles. The van der Waals surface area contributed by atoms with Crippen LogP contribution in [0.5, 0.6) is 0 Å². The minimum absolute atomic E-state index is 0.0602. The zero-order valence-corrected chi connectivity index (χ0v) is 20.3. The van der Waals surface area contributed by atoms with Crippen molar-refractivity contribution in [3.63, 3.8) is 0 Å². The maximum atomic E-state index is 12.8. The highest BCUT2D eigenvalue weighted by molar-refractivity contribution is 5.79. The van der Waals surface area contributed by atoms with E-state index in [4.69, 9.17) is 4.98 Å². The number of rotatable bonds is 8. The normalized spacial score (nSPS) is 13.4. The fourth-order valence-corrected chi connectivity index (χ4v) is 4.01. The molecule has 8 nitrogen and oxygen atoms in total. The van der Waals surface area contributed by atoms with Crippen LogP contribution in [0.25, 0.3) is 11.4 Å². The van der Waals surface area contributed by atoms with E-state index < -0.39 is 0 Å². The first-order valence-electron chi connectivity index (χ1n) is 12.0. The van der Waals surface area contributed by atoms with Gasteiger partial charge in [-0.1, -0.05) is 60.2 Å². The van der Waals surface area contributed by atoms with Gasteiger partial charge in [-0.05, 0) is 12.5 Å². The molecule has 0 radical (unpaired) electrons. The summed E-state index contributed by atoms with van der Waals surface area (Å²) < 4.78 is 0. The third-order valence-electron chi connectivity index (χ3n) is 5.98. The standard InChI is InChI=1S/C27H32N6O2/c1-20-8-10-22(11-9-20)18-26(35)33-16-14-32(15-17-33)25-19-24(29-13-12-28-21(2)34)30-27(31-25)23-6-4-3-5-7-23/h3-11,19H,12-18H2,1-2H3,(H,28,34)(H,29,30,31). The van der Waals surface area contributed by atoms with Crippen molar-refractivity contribution in [1.82, 2.24) is 20.2 Å². The molecule has 0 atom stereocenters. The summed E-state index contributed by atoms with van der Waals surface area (Å²) in [6.07, 6.45) is 0.425. The van der Waals surface area contributed by atoms with Crippen molar-refractivity contribution in [3.05, 3.63) is 71.8 Å². The fourth-order valence-electron chi connectivity index (χ4n) is 4.01. The summed E-state index contributed by atoms with van der Waals surface area (Å²) in [5.74, 6) is 2.27. The van der Waals surface area contributed by atoms with E-state index in [1.807, 2.05) is 72.5 Å². The Bertz CT molecular complexity index is 1140. The molecule has 35 heavy (non-hydrogen) atoms. The molecule has 2 heterocycles. The van der Waals surface area contributed by atoms with E-state index in [2.05, 4.69) is 20.5 Å². The van der Waals surface area contributed by atoms with Crippen molar-refractivity contribution in [2.24, 2.45) is 0 Å². The summed E-state index contributed by atoms with van der Waals surface area (Å²) >= 11 is 0. The molecule has 8 heteroatoms. The molecule has 0 unspecified atom stereocenters. The lowest BCUT2D eigenvalue weighted by Crippen LogP contribution is -2.49. The van der Waals surface area contributed by atoms with Crippen molar-refractivity contribution in [1.29, 1.82) is 0 Å². The number of piperazine rings is 1. The van der Waals surface area contributed by atoms with E-state index in [-0.39, 0.29) is 11.8 Å². The van der Waals surface area contributed by atoms with Gasteiger partial charge >= 0.3 is 0 Å². The van der Waals surface area contributed by atoms with Crippen LogP contribution in [0.4, 0.5) is 11.6 Å². The Morgan fingerprint density at radius 1 is 0.914 bits per heavy atom. The predicted octanol–water partition coefficient (Wildman–Crippen LogP) is 2.89. The van der Waals surface area contributed by atoms with Crippen LogP contribution >= 0.6 is 0 Å². The number of carbonyl (C=O) groups excluding carboxylic acids is 2. The first-order valence-corrected chi connectivity index (χ1v) is 12.0. The number of nitrogens with zero attached hydrogens (tertiary/aromatic N) is 4. The Balaban J connectivity index is 1.43. The summed E-state index contributed by atoms with van der Waals surface area (Å²) in [6.45, 7) is 7.34. The van der Waals surface area contributed by atoms with E-state index in [0.717, 1.165) is 16.9 Å². The number of aromatic nitrogens is 2. The lowest BCUT2D eigenvalue weighted by Gasteiger charge is -2.35. The van der Waals surface area contributed by atoms with E-state index in [9.17, 15) is 9.59 Å². The Kier molecular flexibility index (Phi) is 7.92. The molecule has 0 aliphatic carbocycles. The van der Waals surface area contributed by atoms with Crippen molar-refractivity contribution >= 4 is 23.5 Å². The molecule has 1 aliphatic heterocycles. The molecule has 2 amide bonds. The number of carbonyl (C=O) groups is 2. The molecule has 1 fully saturated rings. The van der Waals surface area contributed by atoms with Crippen molar-refractivity contribution in [3.8, 4) is 11.4 Å². The second-order valence-electron chi connectivity index (χ2n) is 8.74. The third kappa shape index (κ3) is 6.79. The lowest BCUT2D eigenvalue weighted by molar-refractivity contribution is -0.130. The summed E-state index contributed by atoms with van der Waals surface area (Å²) in [6, 6.07) is 19.9. The fraction of sp³-hybridized carbons (Fsp3) is 0.333. The highest BCUT2D eigenvalue weighted by Crippen LogP contribution is 2.23. The van der Waals surface area contributed by atoms with Gasteiger partial charge in [-0.25, -0.2) is 9.97 Å². The van der Waals surface area contributed by atoms with Crippen LogP contribution in [0.1, 0.15) is 18.1 Å². The molecular formula is C27H32N6O2.